The first kappa shape index (κ1) is 115. The van der Waals surface area contributed by atoms with Gasteiger partial charge in [0.15, 0.2) is 72.3 Å². The van der Waals surface area contributed by atoms with Crippen molar-refractivity contribution in [2.45, 2.75) is 243 Å². The van der Waals surface area contributed by atoms with Crippen LogP contribution in [0.2, 0.25) is 0 Å². The number of benzene rings is 1. The predicted octanol–water partition coefficient (Wildman–Crippen LogP) is -0.970. The lowest BCUT2D eigenvalue weighted by Crippen LogP contribution is -2.68. The van der Waals surface area contributed by atoms with Gasteiger partial charge in [0.25, 0.3) is 0 Å². The molecule has 4 N–H and O–H groups in total. The first-order chi connectivity index (χ1) is 69.0. The van der Waals surface area contributed by atoms with E-state index >= 15 is 0 Å². The summed E-state index contributed by atoms with van der Waals surface area (Å²) in [6.07, 6.45) is -1.95. The van der Waals surface area contributed by atoms with Crippen molar-refractivity contribution in [1.29, 1.82) is 0 Å². The molecule has 6 aliphatic rings. The number of amides is 4. The number of esters is 7. The molecule has 6 saturated heterocycles. The molecule has 10 rings (SSSR count). The molecule has 3 aromatic heterocycles. The Morgan fingerprint density at radius 3 is 0.930 bits per heavy atom. The van der Waals surface area contributed by atoms with E-state index in [9.17, 15) is 52.7 Å². The van der Waals surface area contributed by atoms with Crippen LogP contribution in [0.15, 0.2) is 48.9 Å². The van der Waals surface area contributed by atoms with Gasteiger partial charge < -0.3 is 154 Å². The maximum absolute atomic E-state index is 14.3. The number of hydrogen-bond donors (Lipinski definition) is 4. The van der Waals surface area contributed by atoms with Crippen molar-refractivity contribution in [3.63, 3.8) is 0 Å². The molecular weight excluding hydrogens is 1900 g/mol. The van der Waals surface area contributed by atoms with Gasteiger partial charge in [-0.25, -0.2) is 14.0 Å². The van der Waals surface area contributed by atoms with Crippen LogP contribution >= 0.6 is 0 Å². The standard InChI is InChI=1S/C91H137N13O39/c1-61(105)92-76-79(135-64(4)108)82(138-67(7)111)89(58-132-85(76)141-89)55-125-42-39-122-36-33-119-30-27-116-24-21-102-45-71(96-99-102)49-128-52-88(95-74(114)19-15-10-11-16-20-75(115)131-48-70-17-13-12-14-18-70,53-129-50-72-46-103(100-97-72)22-25-117-28-31-120-34-37-123-40-43-126-56-90-59-133-86(142-90)77(93-62(2)106)80(136-65(5)109)83(90)139-68(8)112)54-130-51-73-47-104(101-98-73)23-26-118-29-32-121-35-38-124-41-44-127-57-91-60-134-87(143-91)78(94-63(3)107)81(137-66(6)110)84(91)140-69(9)113/h12-14,17-18,45-47,76-87H,10-11,15-16,19-44,48-60H2,1-9H3,(H,92,105)(H,93,106)(H,94,107)(H,95,114)/t76-,77-,78-,79-,80-,81-,82-,83-,84-,85+,86+,87+,89+,90+,91+/m1/s1. The zero-order valence-corrected chi connectivity index (χ0v) is 82.4. The van der Waals surface area contributed by atoms with Gasteiger partial charge in [0, 0.05) is 75.2 Å². The van der Waals surface area contributed by atoms with E-state index in [2.05, 4.69) is 52.2 Å². The Hall–Kier alpha value is -10.0. The van der Waals surface area contributed by atoms with Crippen molar-refractivity contribution in [3.8, 4) is 0 Å². The highest BCUT2D eigenvalue weighted by Crippen LogP contribution is 2.44. The number of nitrogens with zero attached hydrogens (tertiary/aromatic N) is 9. The fourth-order valence-electron chi connectivity index (χ4n) is 16.2. The Morgan fingerprint density at radius 2 is 0.636 bits per heavy atom. The second kappa shape index (κ2) is 60.8. The lowest BCUT2D eigenvalue weighted by molar-refractivity contribution is -0.251. The van der Waals surface area contributed by atoms with Gasteiger partial charge in [-0.2, -0.15) is 0 Å². The number of rotatable bonds is 73. The van der Waals surface area contributed by atoms with Crippen molar-refractivity contribution >= 4 is 65.4 Å². The summed E-state index contributed by atoms with van der Waals surface area (Å²) in [4.78, 5) is 136. The van der Waals surface area contributed by atoms with Gasteiger partial charge in [-0.3, -0.25) is 52.7 Å². The van der Waals surface area contributed by atoms with Gasteiger partial charge in [-0.1, -0.05) is 58.8 Å². The van der Waals surface area contributed by atoms with Crippen molar-refractivity contribution in [1.82, 2.24) is 66.2 Å². The van der Waals surface area contributed by atoms with Crippen LogP contribution in [-0.4, -0.2) is 405 Å². The molecule has 6 aliphatic heterocycles. The number of carbonyl (C=O) groups is 11. The number of ether oxygens (including phenoxy) is 28. The zero-order valence-electron chi connectivity index (χ0n) is 82.4. The summed E-state index contributed by atoms with van der Waals surface area (Å²) in [7, 11) is 0. The van der Waals surface area contributed by atoms with Gasteiger partial charge in [0.05, 0.1) is 256 Å². The largest absolute Gasteiger partial charge is 0.461 e. The maximum atomic E-state index is 14.3. The molecule has 6 bridgehead atoms. The Balaban J connectivity index is 0.669. The fourth-order valence-corrected chi connectivity index (χ4v) is 16.2. The minimum Gasteiger partial charge on any atom is -0.461 e. The predicted molar refractivity (Wildman–Crippen MR) is 480 cm³/mol. The molecular formula is C91H137N13O39. The highest BCUT2D eigenvalue weighted by atomic mass is 16.8. The van der Waals surface area contributed by atoms with E-state index in [1.807, 2.05) is 30.3 Å². The van der Waals surface area contributed by atoms with Crippen LogP contribution in [0, 0.1) is 0 Å². The van der Waals surface area contributed by atoms with Crippen molar-refractivity contribution < 1.29 is 185 Å². The van der Waals surface area contributed by atoms with Crippen molar-refractivity contribution in [2.24, 2.45) is 0 Å². The van der Waals surface area contributed by atoms with E-state index in [0.717, 1.165) is 5.56 Å². The molecule has 9 heterocycles. The molecule has 15 atom stereocenters. The third-order valence-corrected chi connectivity index (χ3v) is 22.4. The molecule has 0 unspecified atom stereocenters. The first-order valence-electron chi connectivity index (χ1n) is 47.6. The monoisotopic (exact) mass is 2040 g/mol. The number of nitrogens with one attached hydrogen (secondary N) is 4. The minimum atomic E-state index is -1.35. The van der Waals surface area contributed by atoms with Crippen molar-refractivity contribution in [2.75, 3.05) is 198 Å². The van der Waals surface area contributed by atoms with Crippen LogP contribution in [0.25, 0.3) is 0 Å². The average Bonchev–Trinajstić information content (AvgIpc) is 1.61. The van der Waals surface area contributed by atoms with Crippen LogP contribution in [0.5, 0.6) is 0 Å². The number of unbranched alkanes of at least 4 members (excludes halogenated alkanes) is 3. The van der Waals surface area contributed by atoms with E-state index in [1.54, 1.807) is 32.6 Å². The van der Waals surface area contributed by atoms with E-state index in [-0.39, 0.29) is 249 Å². The molecule has 143 heavy (non-hydrogen) atoms. The van der Waals surface area contributed by atoms with Crippen molar-refractivity contribution in [3.05, 3.63) is 71.6 Å². The lowest BCUT2D eigenvalue weighted by atomic mass is 9.87. The van der Waals surface area contributed by atoms with E-state index < -0.39 is 149 Å². The van der Waals surface area contributed by atoms with Crippen LogP contribution in [0.4, 0.5) is 0 Å². The Morgan fingerprint density at radius 1 is 0.350 bits per heavy atom. The van der Waals surface area contributed by atoms with Gasteiger partial charge >= 0.3 is 41.8 Å². The van der Waals surface area contributed by atoms with Gasteiger partial charge in [-0.05, 0) is 18.4 Å². The molecule has 0 spiro atoms. The Bertz CT molecular complexity index is 4180. The summed E-state index contributed by atoms with van der Waals surface area (Å²) in [6, 6.07) is 6.57. The van der Waals surface area contributed by atoms with Gasteiger partial charge in [0.2, 0.25) is 23.6 Å². The zero-order chi connectivity index (χ0) is 102. The Labute approximate surface area is 826 Å². The highest BCUT2D eigenvalue weighted by molar-refractivity contribution is 5.77. The first-order valence-corrected chi connectivity index (χ1v) is 47.6. The molecule has 800 valence electrons. The molecule has 0 aliphatic carbocycles. The average molecular weight is 2040 g/mol. The molecule has 1 aromatic carbocycles. The summed E-state index contributed by atoms with van der Waals surface area (Å²) in [5.41, 5.74) is -3.06. The smallest absolute Gasteiger partial charge is 0.306 e. The molecule has 52 nitrogen and oxygen atoms in total. The SMILES string of the molecule is CC(=O)N[C@H]1[C@H]2OC[C@](COCCOCCOCCOCCn3cc(COCC(COCc4cn(CCOCCOCCOCCOC[C@@]56CO[C@@H](O5)[C@H](NC(C)=O)[C@@H](OC(C)=O)[C@H]6OC(C)=O)nn4)(COCc4cn(CCOCCOCCOCCOC[C@@]56CO[C@@H](O5)[C@H](NC(C)=O)[C@@H](OC(C)=O)[C@H]6OC(C)=O)nn4)NC(=O)CCCCCCC(=O)OCc4ccccc4)nn3)(O2)[C@H](OC(C)=O)[C@@H]1OC(C)=O. The normalized spacial score (nSPS) is 23.6. The van der Waals surface area contributed by atoms with Gasteiger partial charge in [-0.15, -0.1) is 15.3 Å². The summed E-state index contributed by atoms with van der Waals surface area (Å²) >= 11 is 0. The second-order valence-corrected chi connectivity index (χ2v) is 34.5. The quantitative estimate of drug-likeness (QED) is 0.0235. The Kier molecular flexibility index (Phi) is 48.8. The second-order valence-electron chi connectivity index (χ2n) is 34.5. The highest BCUT2D eigenvalue weighted by Gasteiger charge is 2.66. The third kappa shape index (κ3) is 39.0. The maximum Gasteiger partial charge on any atom is 0.306 e. The topological polar surface area (TPSA) is 586 Å². The molecule has 4 amide bonds. The fraction of sp³-hybridized carbons (Fsp3) is 0.747. The van der Waals surface area contributed by atoms with Crippen LogP contribution in [-0.2, 0) is 231 Å². The summed E-state index contributed by atoms with van der Waals surface area (Å²) < 4.78 is 168. The lowest BCUT2D eigenvalue weighted by Gasteiger charge is -2.45. The summed E-state index contributed by atoms with van der Waals surface area (Å²) in [5, 5.41) is 37.1. The third-order valence-electron chi connectivity index (χ3n) is 22.4. The van der Waals surface area contributed by atoms with Crippen LogP contribution in [0.3, 0.4) is 0 Å². The van der Waals surface area contributed by atoms with E-state index in [4.69, 9.17) is 133 Å². The van der Waals surface area contributed by atoms with Gasteiger partial charge in [0.1, 0.15) is 47.4 Å². The molecule has 0 saturated carbocycles. The molecule has 52 heteroatoms. The summed E-state index contributed by atoms with van der Waals surface area (Å²) in [5.74, 6) is -5.88. The summed E-state index contributed by atoms with van der Waals surface area (Å²) in [6.45, 7) is 15.9. The van der Waals surface area contributed by atoms with Crippen LogP contribution in [0.1, 0.15) is 123 Å². The molecule has 6 fully saturated rings. The number of fused-ring (bicyclic) bond motifs is 6. The number of hydrogen-bond acceptors (Lipinski definition) is 45. The molecule has 0 radical (unpaired) electrons. The number of aromatic nitrogens is 9. The number of carbonyl (C=O) groups excluding carboxylic acids is 11. The van der Waals surface area contributed by atoms with E-state index in [0.29, 0.717) is 62.4 Å². The van der Waals surface area contributed by atoms with Crippen LogP contribution < -0.4 is 21.3 Å². The minimum absolute atomic E-state index is 0.0453. The van der Waals surface area contributed by atoms with E-state index in [1.165, 1.54) is 62.3 Å². The molecule has 4 aromatic rings.